The summed E-state index contributed by atoms with van der Waals surface area (Å²) in [5, 5.41) is 3.45. The van der Waals surface area contributed by atoms with Crippen LogP contribution < -0.4 is 5.32 Å². The van der Waals surface area contributed by atoms with Crippen molar-refractivity contribution in [2.24, 2.45) is 5.41 Å². The van der Waals surface area contributed by atoms with E-state index in [0.717, 1.165) is 18.7 Å². The Kier molecular flexibility index (Phi) is 3.76. The van der Waals surface area contributed by atoms with Gasteiger partial charge in [0.15, 0.2) is 0 Å². The first kappa shape index (κ1) is 11.3. The highest BCUT2D eigenvalue weighted by molar-refractivity contribution is 5.05. The topological polar surface area (TPSA) is 25.2 Å². The highest BCUT2D eigenvalue weighted by Gasteiger charge is 2.20. The number of furan rings is 1. The molecule has 0 aliphatic carbocycles. The van der Waals surface area contributed by atoms with Crippen LogP contribution in [-0.2, 0) is 0 Å². The van der Waals surface area contributed by atoms with Crippen LogP contribution in [0.3, 0.4) is 0 Å². The largest absolute Gasteiger partial charge is 0.468 e. The van der Waals surface area contributed by atoms with Crippen molar-refractivity contribution in [1.29, 1.82) is 0 Å². The van der Waals surface area contributed by atoms with Gasteiger partial charge in [-0.2, -0.15) is 0 Å². The van der Waals surface area contributed by atoms with E-state index in [-0.39, 0.29) is 0 Å². The fourth-order valence-corrected chi connectivity index (χ4v) is 1.62. The minimum Gasteiger partial charge on any atom is -0.468 e. The van der Waals surface area contributed by atoms with Crippen molar-refractivity contribution in [2.75, 3.05) is 6.54 Å². The van der Waals surface area contributed by atoms with Gasteiger partial charge in [-0.15, -0.1) is 0 Å². The van der Waals surface area contributed by atoms with E-state index in [1.807, 2.05) is 12.1 Å². The fourth-order valence-electron chi connectivity index (χ4n) is 1.62. The summed E-state index contributed by atoms with van der Waals surface area (Å²) >= 11 is 0. The Morgan fingerprint density at radius 3 is 2.57 bits per heavy atom. The van der Waals surface area contributed by atoms with Gasteiger partial charge in [0.05, 0.1) is 12.3 Å². The second-order valence-electron chi connectivity index (χ2n) is 4.89. The van der Waals surface area contributed by atoms with Crippen LogP contribution in [0.1, 0.15) is 45.9 Å². The van der Waals surface area contributed by atoms with Crippen LogP contribution in [0.4, 0.5) is 0 Å². The molecule has 1 atom stereocenters. The summed E-state index contributed by atoms with van der Waals surface area (Å²) in [6.07, 6.45) is 2.83. The lowest BCUT2D eigenvalue weighted by Crippen LogP contribution is -2.25. The highest BCUT2D eigenvalue weighted by Crippen LogP contribution is 2.29. The van der Waals surface area contributed by atoms with Gasteiger partial charge in [0.25, 0.3) is 0 Å². The molecule has 1 heterocycles. The summed E-state index contributed by atoms with van der Waals surface area (Å²) in [6.45, 7) is 9.85. The molecule has 2 nitrogen and oxygen atoms in total. The lowest BCUT2D eigenvalue weighted by molar-refractivity contribution is 0.286. The van der Waals surface area contributed by atoms with Gasteiger partial charge in [0.2, 0.25) is 0 Å². The van der Waals surface area contributed by atoms with Gasteiger partial charge in [0.1, 0.15) is 5.76 Å². The molecular formula is C12H21NO. The molecule has 80 valence electrons. The zero-order valence-electron chi connectivity index (χ0n) is 9.63. The zero-order valence-corrected chi connectivity index (χ0v) is 9.63. The molecule has 0 saturated carbocycles. The van der Waals surface area contributed by atoms with Gasteiger partial charge in [-0.3, -0.25) is 0 Å². The van der Waals surface area contributed by atoms with Gasteiger partial charge < -0.3 is 9.73 Å². The number of nitrogens with one attached hydrogen (secondary N) is 1. The number of hydrogen-bond acceptors (Lipinski definition) is 2. The minimum absolute atomic E-state index is 0.319. The summed E-state index contributed by atoms with van der Waals surface area (Å²) in [5.41, 5.74) is 0.319. The summed E-state index contributed by atoms with van der Waals surface area (Å²) in [4.78, 5) is 0. The Bertz CT molecular complexity index is 246. The molecule has 0 aliphatic heterocycles. The maximum absolute atomic E-state index is 5.43. The minimum atomic E-state index is 0.319. The van der Waals surface area contributed by atoms with E-state index in [1.54, 1.807) is 6.26 Å². The van der Waals surface area contributed by atoms with Crippen molar-refractivity contribution in [3.05, 3.63) is 24.2 Å². The van der Waals surface area contributed by atoms with E-state index in [0.29, 0.717) is 11.5 Å². The van der Waals surface area contributed by atoms with Gasteiger partial charge >= 0.3 is 0 Å². The maximum atomic E-state index is 5.43. The summed E-state index contributed by atoms with van der Waals surface area (Å²) < 4.78 is 5.43. The average molecular weight is 195 g/mol. The summed E-state index contributed by atoms with van der Waals surface area (Å²) in [5.74, 6) is 1.04. The molecule has 0 aliphatic rings. The quantitative estimate of drug-likeness (QED) is 0.797. The van der Waals surface area contributed by atoms with Crippen molar-refractivity contribution in [1.82, 2.24) is 5.32 Å². The summed E-state index contributed by atoms with van der Waals surface area (Å²) in [6, 6.07) is 4.33. The molecule has 0 aromatic carbocycles. The van der Waals surface area contributed by atoms with Crippen LogP contribution in [-0.4, -0.2) is 6.54 Å². The Morgan fingerprint density at radius 2 is 2.14 bits per heavy atom. The van der Waals surface area contributed by atoms with Crippen molar-refractivity contribution in [3.63, 3.8) is 0 Å². The molecule has 1 N–H and O–H groups in total. The Morgan fingerprint density at radius 1 is 1.43 bits per heavy atom. The van der Waals surface area contributed by atoms with E-state index in [4.69, 9.17) is 4.42 Å². The summed E-state index contributed by atoms with van der Waals surface area (Å²) in [7, 11) is 0. The van der Waals surface area contributed by atoms with Crippen LogP contribution in [0.2, 0.25) is 0 Å². The van der Waals surface area contributed by atoms with E-state index in [2.05, 4.69) is 33.0 Å². The molecule has 0 saturated heterocycles. The second kappa shape index (κ2) is 4.65. The lowest BCUT2D eigenvalue weighted by atomic mass is 9.87. The Balaban J connectivity index is 2.65. The molecule has 1 aromatic rings. The van der Waals surface area contributed by atoms with Crippen molar-refractivity contribution in [3.8, 4) is 0 Å². The van der Waals surface area contributed by atoms with Gasteiger partial charge in [-0.25, -0.2) is 0 Å². The van der Waals surface area contributed by atoms with Gasteiger partial charge in [0, 0.05) is 0 Å². The van der Waals surface area contributed by atoms with E-state index in [1.165, 1.54) is 0 Å². The van der Waals surface area contributed by atoms with Crippen LogP contribution in [0.25, 0.3) is 0 Å². The molecule has 0 radical (unpaired) electrons. The molecule has 0 fully saturated rings. The number of rotatable bonds is 4. The third-order valence-electron chi connectivity index (χ3n) is 2.15. The van der Waals surface area contributed by atoms with Crippen LogP contribution in [0.15, 0.2) is 22.8 Å². The molecule has 0 amide bonds. The normalized spacial score (nSPS) is 14.3. The van der Waals surface area contributed by atoms with E-state index >= 15 is 0 Å². The smallest absolute Gasteiger partial charge is 0.120 e. The molecule has 14 heavy (non-hydrogen) atoms. The zero-order chi connectivity index (χ0) is 10.6. The standard InChI is InChI=1S/C12H21NO/c1-5-13-10(9-12(2,3)4)11-7-6-8-14-11/h6-8,10,13H,5,9H2,1-4H3. The number of hydrogen-bond donors (Lipinski definition) is 1. The predicted octanol–water partition coefficient (Wildman–Crippen LogP) is 3.37. The Hall–Kier alpha value is -0.760. The van der Waals surface area contributed by atoms with E-state index in [9.17, 15) is 0 Å². The third-order valence-corrected chi connectivity index (χ3v) is 2.15. The predicted molar refractivity (Wildman–Crippen MR) is 59.2 cm³/mol. The molecule has 2 heteroatoms. The molecule has 1 aromatic heterocycles. The molecule has 0 bridgehead atoms. The van der Waals surface area contributed by atoms with Crippen molar-refractivity contribution >= 4 is 0 Å². The third kappa shape index (κ3) is 3.54. The average Bonchev–Trinajstić information content (AvgIpc) is 2.52. The first-order valence-electron chi connectivity index (χ1n) is 5.29. The lowest BCUT2D eigenvalue weighted by Gasteiger charge is -2.25. The van der Waals surface area contributed by atoms with E-state index < -0.39 is 0 Å². The van der Waals surface area contributed by atoms with Crippen LogP contribution >= 0.6 is 0 Å². The van der Waals surface area contributed by atoms with Crippen LogP contribution in [0, 0.1) is 5.41 Å². The first-order valence-corrected chi connectivity index (χ1v) is 5.29. The molecule has 0 spiro atoms. The Labute approximate surface area is 86.7 Å². The highest BCUT2D eigenvalue weighted by atomic mass is 16.3. The van der Waals surface area contributed by atoms with Crippen molar-refractivity contribution < 1.29 is 4.42 Å². The second-order valence-corrected chi connectivity index (χ2v) is 4.89. The molecule has 1 rings (SSSR count). The maximum Gasteiger partial charge on any atom is 0.120 e. The molecule has 1 unspecified atom stereocenters. The first-order chi connectivity index (χ1) is 6.53. The van der Waals surface area contributed by atoms with Gasteiger partial charge in [-0.1, -0.05) is 27.7 Å². The van der Waals surface area contributed by atoms with Crippen molar-refractivity contribution in [2.45, 2.75) is 40.2 Å². The van der Waals surface area contributed by atoms with Gasteiger partial charge in [-0.05, 0) is 30.5 Å². The molecular weight excluding hydrogens is 174 g/mol. The fraction of sp³-hybridized carbons (Fsp3) is 0.667. The monoisotopic (exact) mass is 195 g/mol. The van der Waals surface area contributed by atoms with Crippen LogP contribution in [0.5, 0.6) is 0 Å². The SMILES string of the molecule is CCNC(CC(C)(C)C)c1ccco1.